The van der Waals surface area contributed by atoms with E-state index in [4.69, 9.17) is 16.3 Å². The summed E-state index contributed by atoms with van der Waals surface area (Å²) in [6, 6.07) is 7.41. The van der Waals surface area contributed by atoms with E-state index < -0.39 is 0 Å². The molecule has 0 bridgehead atoms. The second-order valence-corrected chi connectivity index (χ2v) is 6.49. The van der Waals surface area contributed by atoms with E-state index in [1.165, 1.54) is 11.3 Å². The summed E-state index contributed by atoms with van der Waals surface area (Å²) >= 11 is 7.62. The third kappa shape index (κ3) is 4.89. The van der Waals surface area contributed by atoms with Crippen LogP contribution in [0, 0.1) is 0 Å². The van der Waals surface area contributed by atoms with Gasteiger partial charge in [-0.25, -0.2) is 4.98 Å². The molecule has 1 atom stereocenters. The fourth-order valence-electron chi connectivity index (χ4n) is 2.20. The van der Waals surface area contributed by atoms with Gasteiger partial charge in [-0.3, -0.25) is 4.79 Å². The number of nitrogens with zero attached hydrogens (tertiary/aromatic N) is 1. The van der Waals surface area contributed by atoms with Crippen LogP contribution >= 0.6 is 35.3 Å². The summed E-state index contributed by atoms with van der Waals surface area (Å²) in [5, 5.41) is 7.28. The molecular weight excluding hydrogens is 357 g/mol. The molecule has 2 aromatic rings. The SMILES string of the molecule is Cl.O=C(Nc1ncc(Cc2ccccc2Cl)s1)C1COCCN1. The highest BCUT2D eigenvalue weighted by atomic mass is 35.5. The zero-order valence-electron chi connectivity index (χ0n) is 12.3. The van der Waals surface area contributed by atoms with E-state index in [0.717, 1.165) is 15.5 Å². The lowest BCUT2D eigenvalue weighted by Crippen LogP contribution is -2.48. The number of benzene rings is 1. The van der Waals surface area contributed by atoms with Gasteiger partial charge in [0.1, 0.15) is 6.04 Å². The average molecular weight is 374 g/mol. The van der Waals surface area contributed by atoms with Crippen molar-refractivity contribution in [1.82, 2.24) is 10.3 Å². The maximum absolute atomic E-state index is 12.1. The Morgan fingerprint density at radius 1 is 1.48 bits per heavy atom. The molecule has 1 aliphatic heterocycles. The minimum atomic E-state index is -0.315. The van der Waals surface area contributed by atoms with E-state index in [9.17, 15) is 4.79 Å². The van der Waals surface area contributed by atoms with Gasteiger partial charge in [0.2, 0.25) is 5.91 Å². The molecule has 8 heteroatoms. The molecule has 0 aliphatic carbocycles. The first-order chi connectivity index (χ1) is 10.7. The normalized spacial score (nSPS) is 17.3. The van der Waals surface area contributed by atoms with Crippen molar-refractivity contribution in [3.8, 4) is 0 Å². The average Bonchev–Trinajstić information content (AvgIpc) is 2.97. The number of ether oxygens (including phenoxy) is 1. The monoisotopic (exact) mass is 373 g/mol. The second kappa shape index (κ2) is 8.61. The Kier molecular flexibility index (Phi) is 6.80. The number of aromatic nitrogens is 1. The maximum atomic E-state index is 12.1. The molecule has 23 heavy (non-hydrogen) atoms. The van der Waals surface area contributed by atoms with Gasteiger partial charge in [-0.15, -0.1) is 23.7 Å². The minimum Gasteiger partial charge on any atom is -0.378 e. The lowest BCUT2D eigenvalue weighted by Gasteiger charge is -2.22. The van der Waals surface area contributed by atoms with Crippen LogP contribution in [0.2, 0.25) is 5.02 Å². The highest BCUT2D eigenvalue weighted by Crippen LogP contribution is 2.24. The molecule has 124 valence electrons. The Hall–Kier alpha value is -1.18. The van der Waals surface area contributed by atoms with Crippen LogP contribution in [0.5, 0.6) is 0 Å². The third-order valence-electron chi connectivity index (χ3n) is 3.34. The van der Waals surface area contributed by atoms with Crippen molar-refractivity contribution in [3.63, 3.8) is 0 Å². The van der Waals surface area contributed by atoms with E-state index in [0.29, 0.717) is 31.3 Å². The van der Waals surface area contributed by atoms with Gasteiger partial charge in [0.05, 0.1) is 13.2 Å². The van der Waals surface area contributed by atoms with Crippen molar-refractivity contribution in [2.75, 3.05) is 25.1 Å². The summed E-state index contributed by atoms with van der Waals surface area (Å²) in [4.78, 5) is 17.4. The zero-order valence-corrected chi connectivity index (χ0v) is 14.6. The third-order valence-corrected chi connectivity index (χ3v) is 4.63. The molecule has 1 saturated heterocycles. The summed E-state index contributed by atoms with van der Waals surface area (Å²) in [5.74, 6) is -0.113. The number of nitrogens with one attached hydrogen (secondary N) is 2. The molecule has 1 aliphatic rings. The topological polar surface area (TPSA) is 63.2 Å². The van der Waals surface area contributed by atoms with Crippen molar-refractivity contribution in [1.29, 1.82) is 0 Å². The molecule has 1 amide bonds. The van der Waals surface area contributed by atoms with Gasteiger partial charge < -0.3 is 15.4 Å². The summed E-state index contributed by atoms with van der Waals surface area (Å²) < 4.78 is 5.28. The molecule has 1 aromatic carbocycles. The van der Waals surface area contributed by atoms with Gasteiger partial charge in [-0.2, -0.15) is 0 Å². The van der Waals surface area contributed by atoms with E-state index in [1.807, 2.05) is 24.3 Å². The van der Waals surface area contributed by atoms with Crippen molar-refractivity contribution >= 4 is 46.4 Å². The molecule has 2 N–H and O–H groups in total. The molecule has 0 radical (unpaired) electrons. The van der Waals surface area contributed by atoms with Gasteiger partial charge >= 0.3 is 0 Å². The van der Waals surface area contributed by atoms with Crippen LogP contribution in [-0.4, -0.2) is 36.7 Å². The Bertz CT molecular complexity index is 660. The van der Waals surface area contributed by atoms with Crippen LogP contribution in [0.1, 0.15) is 10.4 Å². The first-order valence-electron chi connectivity index (χ1n) is 7.02. The summed E-state index contributed by atoms with van der Waals surface area (Å²) in [5.41, 5.74) is 1.05. The smallest absolute Gasteiger partial charge is 0.245 e. The van der Waals surface area contributed by atoms with Crippen LogP contribution < -0.4 is 10.6 Å². The van der Waals surface area contributed by atoms with Crippen molar-refractivity contribution < 1.29 is 9.53 Å². The zero-order chi connectivity index (χ0) is 15.4. The molecule has 3 rings (SSSR count). The number of anilines is 1. The number of rotatable bonds is 4. The Morgan fingerprint density at radius 3 is 3.04 bits per heavy atom. The second-order valence-electron chi connectivity index (χ2n) is 4.97. The lowest BCUT2D eigenvalue weighted by molar-refractivity contribution is -0.120. The quantitative estimate of drug-likeness (QED) is 0.864. The number of hydrogen-bond acceptors (Lipinski definition) is 5. The minimum absolute atomic E-state index is 0. The van der Waals surface area contributed by atoms with Crippen LogP contribution in [0.3, 0.4) is 0 Å². The highest BCUT2D eigenvalue weighted by molar-refractivity contribution is 7.15. The van der Waals surface area contributed by atoms with Crippen LogP contribution in [0.25, 0.3) is 0 Å². The van der Waals surface area contributed by atoms with Gasteiger partial charge in [0.15, 0.2) is 5.13 Å². The number of amides is 1. The number of hydrogen-bond donors (Lipinski definition) is 2. The van der Waals surface area contributed by atoms with E-state index >= 15 is 0 Å². The van der Waals surface area contributed by atoms with E-state index in [-0.39, 0.29) is 24.4 Å². The van der Waals surface area contributed by atoms with Crippen LogP contribution in [0.15, 0.2) is 30.5 Å². The van der Waals surface area contributed by atoms with Gasteiger partial charge in [0, 0.05) is 29.1 Å². The lowest BCUT2D eigenvalue weighted by atomic mass is 10.1. The summed E-state index contributed by atoms with van der Waals surface area (Å²) in [6.45, 7) is 1.72. The summed E-state index contributed by atoms with van der Waals surface area (Å²) in [6.07, 6.45) is 2.48. The van der Waals surface area contributed by atoms with Gasteiger partial charge in [-0.05, 0) is 11.6 Å². The maximum Gasteiger partial charge on any atom is 0.245 e. The predicted octanol–water partition coefficient (Wildman–Crippen LogP) is 2.74. The van der Waals surface area contributed by atoms with Crippen molar-refractivity contribution in [2.45, 2.75) is 12.5 Å². The van der Waals surface area contributed by atoms with E-state index in [1.54, 1.807) is 6.20 Å². The standard InChI is InChI=1S/C15H16ClN3O2S.ClH/c16-12-4-2-1-3-10(12)7-11-8-18-15(22-11)19-14(20)13-9-21-6-5-17-13;/h1-4,8,13,17H,5-7,9H2,(H,18,19,20);1H. The fraction of sp³-hybridized carbons (Fsp3) is 0.333. The number of carbonyl (C=O) groups excluding carboxylic acids is 1. The molecule has 0 spiro atoms. The summed E-state index contributed by atoms with van der Waals surface area (Å²) in [7, 11) is 0. The molecular formula is C15H17Cl2N3O2S. The largest absolute Gasteiger partial charge is 0.378 e. The van der Waals surface area contributed by atoms with Crippen molar-refractivity contribution in [2.24, 2.45) is 0 Å². The number of halogens is 2. The molecule has 5 nitrogen and oxygen atoms in total. The van der Waals surface area contributed by atoms with Crippen LogP contribution in [-0.2, 0) is 16.0 Å². The first-order valence-corrected chi connectivity index (χ1v) is 8.22. The fourth-order valence-corrected chi connectivity index (χ4v) is 3.24. The number of carbonyl (C=O) groups is 1. The first kappa shape index (κ1) is 18.2. The molecule has 1 unspecified atom stereocenters. The van der Waals surface area contributed by atoms with Gasteiger partial charge in [0.25, 0.3) is 0 Å². The molecule has 0 saturated carbocycles. The Balaban J connectivity index is 0.00000192. The molecule has 1 aromatic heterocycles. The highest BCUT2D eigenvalue weighted by Gasteiger charge is 2.22. The van der Waals surface area contributed by atoms with Crippen LogP contribution in [0.4, 0.5) is 5.13 Å². The van der Waals surface area contributed by atoms with E-state index in [2.05, 4.69) is 15.6 Å². The molecule has 2 heterocycles. The Labute approximate surface area is 149 Å². The number of thiazole rings is 1. The predicted molar refractivity (Wildman–Crippen MR) is 94.9 cm³/mol. The van der Waals surface area contributed by atoms with Crippen molar-refractivity contribution in [3.05, 3.63) is 45.9 Å². The number of morpholine rings is 1. The van der Waals surface area contributed by atoms with Gasteiger partial charge in [-0.1, -0.05) is 29.8 Å². The Morgan fingerprint density at radius 2 is 2.30 bits per heavy atom. The molecule has 1 fully saturated rings.